The van der Waals surface area contributed by atoms with Crippen LogP contribution in [-0.2, 0) is 0 Å². The largest absolute Gasteiger partial charge is 0.394 e. The molecule has 0 radical (unpaired) electrons. The number of thiazole rings is 1. The van der Waals surface area contributed by atoms with E-state index < -0.39 is 5.54 Å². The molecule has 0 fully saturated rings. The summed E-state index contributed by atoms with van der Waals surface area (Å²) >= 11 is 1.53. The Morgan fingerprint density at radius 2 is 2.09 bits per heavy atom. The van der Waals surface area contributed by atoms with Crippen molar-refractivity contribution in [1.29, 1.82) is 0 Å². The number of nitrogens with zero attached hydrogens (tertiary/aromatic N) is 2. The number of aromatic nitrogens is 2. The zero-order valence-corrected chi connectivity index (χ0v) is 13.2. The molecule has 1 amide bonds. The summed E-state index contributed by atoms with van der Waals surface area (Å²) in [5, 5.41) is 12.9. The maximum absolute atomic E-state index is 12.3. The number of carbonyl (C=O) groups excluding carboxylic acids is 1. The Kier molecular flexibility index (Phi) is 3.72. The minimum absolute atomic E-state index is 0.112. The average molecular weight is 315 g/mol. The van der Waals surface area contributed by atoms with Crippen molar-refractivity contribution in [3.8, 4) is 5.13 Å². The van der Waals surface area contributed by atoms with Gasteiger partial charge < -0.3 is 15.0 Å². The highest BCUT2D eigenvalue weighted by atomic mass is 32.1. The van der Waals surface area contributed by atoms with Gasteiger partial charge in [0.1, 0.15) is 0 Å². The SMILES string of the molecule is CC(C)(CO)NC(=O)c1ccc2nc(-n3cccc3)sc2c1. The van der Waals surface area contributed by atoms with Gasteiger partial charge in [-0.1, -0.05) is 11.3 Å². The zero-order chi connectivity index (χ0) is 15.7. The van der Waals surface area contributed by atoms with Gasteiger partial charge in [-0.3, -0.25) is 4.79 Å². The van der Waals surface area contributed by atoms with E-state index in [9.17, 15) is 9.90 Å². The Morgan fingerprint density at radius 1 is 1.36 bits per heavy atom. The quantitative estimate of drug-likeness (QED) is 0.777. The molecule has 0 spiro atoms. The van der Waals surface area contributed by atoms with Crippen LogP contribution in [0.4, 0.5) is 0 Å². The lowest BCUT2D eigenvalue weighted by atomic mass is 10.1. The van der Waals surface area contributed by atoms with Crippen molar-refractivity contribution in [2.75, 3.05) is 6.61 Å². The van der Waals surface area contributed by atoms with Crippen LogP contribution in [0, 0.1) is 0 Å². The normalized spacial score (nSPS) is 11.8. The second-order valence-electron chi connectivity index (χ2n) is 5.77. The van der Waals surface area contributed by atoms with E-state index >= 15 is 0 Å². The fraction of sp³-hybridized carbons (Fsp3) is 0.250. The van der Waals surface area contributed by atoms with E-state index in [4.69, 9.17) is 0 Å². The van der Waals surface area contributed by atoms with E-state index in [0.29, 0.717) is 5.56 Å². The first kappa shape index (κ1) is 14.7. The fourth-order valence-corrected chi connectivity index (χ4v) is 3.02. The van der Waals surface area contributed by atoms with E-state index in [-0.39, 0.29) is 12.5 Å². The van der Waals surface area contributed by atoms with Crippen LogP contribution in [-0.4, -0.2) is 32.7 Å². The summed E-state index contributed by atoms with van der Waals surface area (Å²) in [4.78, 5) is 16.8. The van der Waals surface area contributed by atoms with Crippen molar-refractivity contribution < 1.29 is 9.90 Å². The standard InChI is InChI=1S/C16H17N3O2S/c1-16(2,10-20)18-14(21)11-5-6-12-13(9-11)22-15(17-12)19-7-3-4-8-19/h3-9,20H,10H2,1-2H3,(H,18,21). The molecule has 0 aliphatic heterocycles. The molecule has 3 aromatic rings. The number of hydrogen-bond donors (Lipinski definition) is 2. The number of rotatable bonds is 4. The van der Waals surface area contributed by atoms with Gasteiger partial charge in [-0.2, -0.15) is 0 Å². The molecule has 0 saturated heterocycles. The highest BCUT2D eigenvalue weighted by Crippen LogP contribution is 2.26. The van der Waals surface area contributed by atoms with Crippen molar-refractivity contribution in [2.45, 2.75) is 19.4 Å². The molecule has 22 heavy (non-hydrogen) atoms. The second kappa shape index (κ2) is 5.55. The summed E-state index contributed by atoms with van der Waals surface area (Å²) in [7, 11) is 0. The maximum Gasteiger partial charge on any atom is 0.251 e. The van der Waals surface area contributed by atoms with Crippen LogP contribution in [0.3, 0.4) is 0 Å². The average Bonchev–Trinajstić information content (AvgIpc) is 3.14. The van der Waals surface area contributed by atoms with Crippen molar-refractivity contribution in [3.63, 3.8) is 0 Å². The van der Waals surface area contributed by atoms with Crippen molar-refractivity contribution in [3.05, 3.63) is 48.3 Å². The van der Waals surface area contributed by atoms with E-state index in [1.807, 2.05) is 41.2 Å². The topological polar surface area (TPSA) is 67.2 Å². The smallest absolute Gasteiger partial charge is 0.251 e. The van der Waals surface area contributed by atoms with Gasteiger partial charge >= 0.3 is 0 Å². The fourth-order valence-electron chi connectivity index (χ4n) is 2.05. The Balaban J connectivity index is 1.91. The van der Waals surface area contributed by atoms with Gasteiger partial charge in [-0.05, 0) is 44.2 Å². The Hall–Kier alpha value is -2.18. The molecule has 0 saturated carbocycles. The summed E-state index contributed by atoms with van der Waals surface area (Å²) in [6.45, 7) is 3.44. The third kappa shape index (κ3) is 2.88. The van der Waals surface area contributed by atoms with Crippen LogP contribution in [0.25, 0.3) is 15.3 Å². The van der Waals surface area contributed by atoms with Gasteiger partial charge in [0, 0.05) is 18.0 Å². The number of amides is 1. The maximum atomic E-state index is 12.3. The minimum atomic E-state index is -0.643. The number of nitrogens with one attached hydrogen (secondary N) is 1. The zero-order valence-electron chi connectivity index (χ0n) is 12.4. The Bertz CT molecular complexity index is 806. The molecule has 114 valence electrons. The predicted octanol–water partition coefficient (Wildman–Crippen LogP) is 2.59. The van der Waals surface area contributed by atoms with Crippen molar-refractivity contribution in [2.24, 2.45) is 0 Å². The Labute approximate surface area is 132 Å². The summed E-state index contributed by atoms with van der Waals surface area (Å²) in [5.41, 5.74) is 0.791. The highest BCUT2D eigenvalue weighted by molar-refractivity contribution is 7.20. The number of aliphatic hydroxyl groups is 1. The first-order valence-electron chi connectivity index (χ1n) is 6.96. The molecule has 0 atom stereocenters. The Morgan fingerprint density at radius 3 is 2.77 bits per heavy atom. The molecular weight excluding hydrogens is 298 g/mol. The van der Waals surface area contributed by atoms with Gasteiger partial charge in [0.25, 0.3) is 5.91 Å². The molecule has 2 N–H and O–H groups in total. The van der Waals surface area contributed by atoms with Crippen LogP contribution in [0.5, 0.6) is 0 Å². The summed E-state index contributed by atoms with van der Waals surface area (Å²) in [6, 6.07) is 9.33. The molecular formula is C16H17N3O2S. The third-order valence-electron chi connectivity index (χ3n) is 3.31. The van der Waals surface area contributed by atoms with Gasteiger partial charge in [0.15, 0.2) is 5.13 Å². The monoisotopic (exact) mass is 315 g/mol. The summed E-state index contributed by atoms with van der Waals surface area (Å²) in [5.74, 6) is -0.197. The van der Waals surface area contributed by atoms with Gasteiger partial charge in [0.2, 0.25) is 0 Å². The lowest BCUT2D eigenvalue weighted by Crippen LogP contribution is -2.46. The molecule has 0 aliphatic rings. The number of fused-ring (bicyclic) bond motifs is 1. The van der Waals surface area contributed by atoms with Gasteiger partial charge in [0.05, 0.1) is 22.4 Å². The lowest BCUT2D eigenvalue weighted by molar-refractivity contribution is 0.0869. The molecule has 3 rings (SSSR count). The number of hydrogen-bond acceptors (Lipinski definition) is 4. The summed E-state index contributed by atoms with van der Waals surface area (Å²) in [6.07, 6.45) is 3.88. The number of carbonyl (C=O) groups is 1. The van der Waals surface area contributed by atoms with E-state index in [0.717, 1.165) is 15.3 Å². The molecule has 0 bridgehead atoms. The summed E-state index contributed by atoms with van der Waals surface area (Å²) < 4.78 is 2.90. The first-order chi connectivity index (χ1) is 10.5. The van der Waals surface area contributed by atoms with Crippen LogP contribution < -0.4 is 5.32 Å². The molecule has 6 heteroatoms. The van der Waals surface area contributed by atoms with Crippen LogP contribution in [0.2, 0.25) is 0 Å². The van der Waals surface area contributed by atoms with E-state index in [2.05, 4.69) is 10.3 Å². The van der Waals surface area contributed by atoms with Gasteiger partial charge in [-0.15, -0.1) is 0 Å². The van der Waals surface area contributed by atoms with Gasteiger partial charge in [-0.25, -0.2) is 4.98 Å². The molecule has 5 nitrogen and oxygen atoms in total. The van der Waals surface area contributed by atoms with Crippen LogP contribution >= 0.6 is 11.3 Å². The molecule has 2 heterocycles. The molecule has 0 unspecified atom stereocenters. The van der Waals surface area contributed by atoms with Crippen molar-refractivity contribution in [1.82, 2.24) is 14.9 Å². The lowest BCUT2D eigenvalue weighted by Gasteiger charge is -2.23. The second-order valence-corrected chi connectivity index (χ2v) is 6.77. The highest BCUT2D eigenvalue weighted by Gasteiger charge is 2.20. The number of aliphatic hydroxyl groups excluding tert-OH is 1. The van der Waals surface area contributed by atoms with Crippen molar-refractivity contribution >= 4 is 27.5 Å². The molecule has 2 aromatic heterocycles. The van der Waals surface area contributed by atoms with Crippen LogP contribution in [0.15, 0.2) is 42.7 Å². The molecule has 0 aliphatic carbocycles. The van der Waals surface area contributed by atoms with Crippen LogP contribution in [0.1, 0.15) is 24.2 Å². The first-order valence-corrected chi connectivity index (χ1v) is 7.77. The van der Waals surface area contributed by atoms with E-state index in [1.54, 1.807) is 19.9 Å². The minimum Gasteiger partial charge on any atom is -0.394 e. The molecule has 1 aromatic carbocycles. The predicted molar refractivity (Wildman–Crippen MR) is 87.6 cm³/mol. The number of benzene rings is 1. The van der Waals surface area contributed by atoms with E-state index in [1.165, 1.54) is 11.3 Å². The third-order valence-corrected chi connectivity index (χ3v) is 4.34.